The van der Waals surface area contributed by atoms with Crippen molar-refractivity contribution in [3.05, 3.63) is 64.9 Å². The third kappa shape index (κ3) is 3.67. The molecule has 5 rings (SSSR count). The Morgan fingerprint density at radius 2 is 2.06 bits per heavy atom. The Kier molecular flexibility index (Phi) is 5.00. The molecular weight excluding hydrogens is 432 g/mol. The van der Waals surface area contributed by atoms with Crippen molar-refractivity contribution < 1.29 is 18.3 Å². The van der Waals surface area contributed by atoms with E-state index in [1.165, 1.54) is 29.9 Å². The molecule has 0 unspecified atom stereocenters. The summed E-state index contributed by atoms with van der Waals surface area (Å²) < 4.78 is 34.7. The Morgan fingerprint density at radius 1 is 1.21 bits per heavy atom. The van der Waals surface area contributed by atoms with Crippen LogP contribution in [0.3, 0.4) is 0 Å². The molecule has 168 valence electrons. The number of carbonyl (C=O) groups is 1. The van der Waals surface area contributed by atoms with Crippen molar-refractivity contribution in [2.24, 2.45) is 5.73 Å². The number of fused-ring (bicyclic) bond motifs is 2. The molecule has 33 heavy (non-hydrogen) atoms. The van der Waals surface area contributed by atoms with Crippen LogP contribution in [-0.2, 0) is 13.0 Å². The fourth-order valence-corrected chi connectivity index (χ4v) is 3.87. The van der Waals surface area contributed by atoms with Crippen LogP contribution in [0, 0.1) is 11.6 Å². The number of ether oxygens (including phenoxy) is 1. The summed E-state index contributed by atoms with van der Waals surface area (Å²) in [5.74, 6) is -1.13. The van der Waals surface area contributed by atoms with Crippen LogP contribution in [0.25, 0.3) is 17.0 Å². The number of imidazole rings is 1. The molecule has 0 saturated carbocycles. The lowest BCUT2D eigenvalue weighted by Crippen LogP contribution is -2.12. The number of primary amides is 1. The van der Waals surface area contributed by atoms with Gasteiger partial charge in [0, 0.05) is 25.6 Å². The second-order valence-electron chi connectivity index (χ2n) is 7.47. The lowest BCUT2D eigenvalue weighted by Gasteiger charge is -2.14. The van der Waals surface area contributed by atoms with E-state index in [0.717, 1.165) is 23.0 Å². The number of halogens is 2. The zero-order valence-corrected chi connectivity index (χ0v) is 17.5. The van der Waals surface area contributed by atoms with Gasteiger partial charge in [0.25, 0.3) is 5.91 Å². The summed E-state index contributed by atoms with van der Waals surface area (Å²) in [5.41, 5.74) is 7.98. The lowest BCUT2D eigenvalue weighted by molar-refractivity contribution is 0.100. The first-order valence-electron chi connectivity index (χ1n) is 10.1. The maximum atomic E-state index is 14.3. The maximum Gasteiger partial charge on any atom is 0.304 e. The number of rotatable bonds is 6. The third-order valence-electron chi connectivity index (χ3n) is 5.33. The SMILES string of the molecule is COc1nc2c(C(N)=O)cc(F)cc2n1-c1nc2c(c(NCc3cccc(F)c3)n1)NCC2. The number of nitrogens with zero attached hydrogens (tertiary/aromatic N) is 4. The molecule has 1 aliphatic heterocycles. The molecule has 2 aromatic carbocycles. The van der Waals surface area contributed by atoms with E-state index in [0.29, 0.717) is 25.3 Å². The Hall–Kier alpha value is -4.28. The zero-order valence-electron chi connectivity index (χ0n) is 17.5. The van der Waals surface area contributed by atoms with Gasteiger partial charge in [-0.1, -0.05) is 12.1 Å². The molecule has 3 heterocycles. The summed E-state index contributed by atoms with van der Waals surface area (Å²) in [4.78, 5) is 25.4. The number of aromatic nitrogens is 4. The first-order chi connectivity index (χ1) is 15.9. The van der Waals surface area contributed by atoms with Crippen LogP contribution in [0.4, 0.5) is 20.3 Å². The van der Waals surface area contributed by atoms with Crippen molar-refractivity contribution >= 4 is 28.4 Å². The Balaban J connectivity index is 1.64. The smallest absolute Gasteiger partial charge is 0.304 e. The average molecular weight is 451 g/mol. The quantitative estimate of drug-likeness (QED) is 0.412. The first-order valence-corrected chi connectivity index (χ1v) is 10.1. The standard InChI is InChI=1S/C22H19F2N7O2/c1-33-22-29-17-14(19(25)32)8-13(24)9-16(17)31(22)21-28-15-5-6-26-18(15)20(30-21)27-10-11-3-2-4-12(23)7-11/h2-4,7-9,26H,5-6,10H2,1H3,(H2,25,32)(H,27,28,30). The largest absolute Gasteiger partial charge is 0.468 e. The number of nitrogens with one attached hydrogen (secondary N) is 2. The molecule has 0 fully saturated rings. The predicted molar refractivity (Wildman–Crippen MR) is 118 cm³/mol. The van der Waals surface area contributed by atoms with Crippen LogP contribution in [0.1, 0.15) is 21.6 Å². The molecule has 2 aromatic heterocycles. The minimum Gasteiger partial charge on any atom is -0.468 e. The van der Waals surface area contributed by atoms with E-state index in [-0.39, 0.29) is 34.4 Å². The Bertz CT molecular complexity index is 1400. The topological polar surface area (TPSA) is 120 Å². The summed E-state index contributed by atoms with van der Waals surface area (Å²) in [6.45, 7) is 0.995. The van der Waals surface area contributed by atoms with Gasteiger partial charge in [-0.3, -0.25) is 4.79 Å². The van der Waals surface area contributed by atoms with Gasteiger partial charge in [0.05, 0.1) is 29.6 Å². The van der Waals surface area contributed by atoms with E-state index in [9.17, 15) is 13.6 Å². The van der Waals surface area contributed by atoms with Gasteiger partial charge in [0.1, 0.15) is 17.2 Å². The number of anilines is 2. The first kappa shape index (κ1) is 20.6. The highest BCUT2D eigenvalue weighted by Gasteiger charge is 2.25. The van der Waals surface area contributed by atoms with Crippen LogP contribution in [0.5, 0.6) is 6.01 Å². The van der Waals surface area contributed by atoms with E-state index in [2.05, 4.69) is 25.6 Å². The highest BCUT2D eigenvalue weighted by Crippen LogP contribution is 2.33. The molecule has 11 heteroatoms. The highest BCUT2D eigenvalue weighted by atomic mass is 19.1. The second-order valence-corrected chi connectivity index (χ2v) is 7.47. The van der Waals surface area contributed by atoms with Crippen LogP contribution < -0.4 is 21.1 Å². The molecule has 4 aromatic rings. The van der Waals surface area contributed by atoms with Gasteiger partial charge in [0.2, 0.25) is 5.95 Å². The summed E-state index contributed by atoms with van der Waals surface area (Å²) in [6.07, 6.45) is 0.648. The summed E-state index contributed by atoms with van der Waals surface area (Å²) in [5, 5.41) is 6.46. The van der Waals surface area contributed by atoms with E-state index in [1.807, 2.05) is 0 Å². The molecule has 0 spiro atoms. The van der Waals surface area contributed by atoms with Gasteiger partial charge in [0.15, 0.2) is 5.82 Å². The fourth-order valence-electron chi connectivity index (χ4n) is 3.87. The normalized spacial score (nSPS) is 12.5. The van der Waals surface area contributed by atoms with Gasteiger partial charge in [-0.15, -0.1) is 0 Å². The minimum atomic E-state index is -0.816. The summed E-state index contributed by atoms with van der Waals surface area (Å²) >= 11 is 0. The van der Waals surface area contributed by atoms with Gasteiger partial charge in [-0.2, -0.15) is 9.97 Å². The van der Waals surface area contributed by atoms with E-state index in [4.69, 9.17) is 10.5 Å². The minimum absolute atomic E-state index is 0.0695. The molecule has 1 aliphatic rings. The molecule has 0 aliphatic carbocycles. The fraction of sp³-hybridized carbons (Fsp3) is 0.182. The molecule has 0 bridgehead atoms. The van der Waals surface area contributed by atoms with Gasteiger partial charge >= 0.3 is 6.01 Å². The third-order valence-corrected chi connectivity index (χ3v) is 5.33. The van der Waals surface area contributed by atoms with Crippen molar-refractivity contribution in [3.63, 3.8) is 0 Å². The summed E-state index contributed by atoms with van der Waals surface area (Å²) in [6, 6.07) is 8.55. The molecule has 9 nitrogen and oxygen atoms in total. The number of hydrogen-bond acceptors (Lipinski definition) is 7. The van der Waals surface area contributed by atoms with E-state index < -0.39 is 11.7 Å². The van der Waals surface area contributed by atoms with Gasteiger partial charge in [-0.25, -0.2) is 18.3 Å². The average Bonchev–Trinajstić information content (AvgIpc) is 3.41. The zero-order chi connectivity index (χ0) is 23.1. The van der Waals surface area contributed by atoms with Crippen LogP contribution in [0.15, 0.2) is 36.4 Å². The molecule has 0 saturated heterocycles. The number of nitrogens with two attached hydrogens (primary N) is 1. The molecular formula is C22H19F2N7O2. The molecule has 0 atom stereocenters. The number of carbonyl (C=O) groups excluding carboxylic acids is 1. The van der Waals surface area contributed by atoms with Crippen LogP contribution in [0.2, 0.25) is 0 Å². The molecule has 4 N–H and O–H groups in total. The maximum absolute atomic E-state index is 14.3. The van der Waals surface area contributed by atoms with Gasteiger partial charge in [-0.05, 0) is 23.8 Å². The lowest BCUT2D eigenvalue weighted by atomic mass is 10.1. The monoisotopic (exact) mass is 451 g/mol. The van der Waals surface area contributed by atoms with Crippen LogP contribution in [-0.4, -0.2) is 39.1 Å². The molecule has 0 radical (unpaired) electrons. The summed E-state index contributed by atoms with van der Waals surface area (Å²) in [7, 11) is 1.40. The van der Waals surface area contributed by atoms with Crippen molar-refractivity contribution in [1.29, 1.82) is 0 Å². The number of hydrogen-bond donors (Lipinski definition) is 3. The number of methoxy groups -OCH3 is 1. The number of benzene rings is 2. The number of amides is 1. The Labute approximate surface area is 186 Å². The second kappa shape index (κ2) is 8.01. The van der Waals surface area contributed by atoms with Gasteiger partial charge < -0.3 is 21.1 Å². The van der Waals surface area contributed by atoms with Crippen molar-refractivity contribution in [2.75, 3.05) is 24.3 Å². The molecule has 1 amide bonds. The van der Waals surface area contributed by atoms with Crippen molar-refractivity contribution in [2.45, 2.75) is 13.0 Å². The van der Waals surface area contributed by atoms with E-state index in [1.54, 1.807) is 12.1 Å². The van der Waals surface area contributed by atoms with Crippen molar-refractivity contribution in [3.8, 4) is 12.0 Å². The van der Waals surface area contributed by atoms with Crippen molar-refractivity contribution in [1.82, 2.24) is 19.5 Å². The highest BCUT2D eigenvalue weighted by molar-refractivity contribution is 6.04. The van der Waals surface area contributed by atoms with E-state index >= 15 is 0 Å². The predicted octanol–water partition coefficient (Wildman–Crippen LogP) is 2.78. The Morgan fingerprint density at radius 3 is 2.82 bits per heavy atom. The van der Waals surface area contributed by atoms with Crippen LogP contribution >= 0.6 is 0 Å².